The van der Waals surface area contributed by atoms with Crippen molar-refractivity contribution in [1.82, 2.24) is 0 Å². The smallest absolute Gasteiger partial charge is 0.157 e. The molecule has 2 atom stereocenters. The number of benzene rings is 2. The summed E-state index contributed by atoms with van der Waals surface area (Å²) in [6.45, 7) is 1.08. The molecule has 2 aromatic rings. The number of rotatable bonds is 6. The molecule has 0 aliphatic heterocycles. The van der Waals surface area contributed by atoms with Gasteiger partial charge < -0.3 is 10.8 Å². The first-order valence-corrected chi connectivity index (χ1v) is 8.94. The molecule has 5 heteroatoms. The molecular formula is C17H21NO3S. The minimum absolute atomic E-state index is 0.0337. The fourth-order valence-electron chi connectivity index (χ4n) is 2.41. The molecule has 0 saturated carbocycles. The van der Waals surface area contributed by atoms with Gasteiger partial charge in [-0.05, 0) is 16.7 Å². The fourth-order valence-corrected chi connectivity index (χ4v) is 3.67. The average molecular weight is 319 g/mol. The zero-order valence-electron chi connectivity index (χ0n) is 12.5. The molecule has 0 amide bonds. The lowest BCUT2D eigenvalue weighted by molar-refractivity contribution is 0.277. The van der Waals surface area contributed by atoms with E-state index in [1.54, 1.807) is 6.92 Å². The van der Waals surface area contributed by atoms with Gasteiger partial charge in [-0.15, -0.1) is 0 Å². The highest BCUT2D eigenvalue weighted by Crippen LogP contribution is 2.24. The monoisotopic (exact) mass is 319 g/mol. The Balaban J connectivity index is 2.26. The lowest BCUT2D eigenvalue weighted by Gasteiger charge is -2.22. The molecule has 2 rings (SSSR count). The second-order valence-corrected chi connectivity index (χ2v) is 7.69. The Hall–Kier alpha value is -1.69. The number of aliphatic hydroxyl groups is 1. The summed E-state index contributed by atoms with van der Waals surface area (Å²) in [7, 11) is -3.40. The van der Waals surface area contributed by atoms with Crippen molar-refractivity contribution in [3.05, 3.63) is 60.2 Å². The highest BCUT2D eigenvalue weighted by atomic mass is 32.2. The fraction of sp³-hybridized carbons (Fsp3) is 0.294. The zero-order chi connectivity index (χ0) is 16.2. The summed E-state index contributed by atoms with van der Waals surface area (Å²) in [5, 5.41) is 8.43. The van der Waals surface area contributed by atoms with Crippen molar-refractivity contribution in [2.45, 2.75) is 18.2 Å². The van der Waals surface area contributed by atoms with Crippen LogP contribution in [-0.2, 0) is 9.84 Å². The van der Waals surface area contributed by atoms with Gasteiger partial charge in [-0.3, -0.25) is 0 Å². The molecule has 0 aliphatic rings. The molecule has 0 fully saturated rings. The van der Waals surface area contributed by atoms with E-state index in [2.05, 4.69) is 0 Å². The minimum atomic E-state index is -3.40. The summed E-state index contributed by atoms with van der Waals surface area (Å²) >= 11 is 0. The van der Waals surface area contributed by atoms with Crippen molar-refractivity contribution in [1.29, 1.82) is 0 Å². The molecule has 0 bridgehead atoms. The largest absolute Gasteiger partial charge is 0.395 e. The van der Waals surface area contributed by atoms with Crippen LogP contribution in [0.5, 0.6) is 0 Å². The van der Waals surface area contributed by atoms with Gasteiger partial charge in [0.25, 0.3) is 0 Å². The molecule has 0 aliphatic carbocycles. The Morgan fingerprint density at radius 1 is 1.00 bits per heavy atom. The van der Waals surface area contributed by atoms with Crippen molar-refractivity contribution in [2.75, 3.05) is 12.4 Å². The number of sulfone groups is 1. The normalized spacial score (nSPS) is 14.5. The second kappa shape index (κ2) is 7.05. The summed E-state index contributed by atoms with van der Waals surface area (Å²) < 4.78 is 24.0. The Bertz CT molecular complexity index is 696. The third kappa shape index (κ3) is 3.55. The van der Waals surface area contributed by atoms with Crippen LogP contribution < -0.4 is 5.73 Å². The Kier molecular flexibility index (Phi) is 5.34. The van der Waals surface area contributed by atoms with Gasteiger partial charge in [0.1, 0.15) is 5.25 Å². The molecule has 2 unspecified atom stereocenters. The molecule has 2 aromatic carbocycles. The predicted molar refractivity (Wildman–Crippen MR) is 89.1 cm³/mol. The second-order valence-electron chi connectivity index (χ2n) is 5.19. The van der Waals surface area contributed by atoms with Gasteiger partial charge in [0.15, 0.2) is 9.84 Å². The zero-order valence-corrected chi connectivity index (χ0v) is 13.3. The average Bonchev–Trinajstić information content (AvgIpc) is 2.56. The molecule has 4 nitrogen and oxygen atoms in total. The van der Waals surface area contributed by atoms with Crippen LogP contribution >= 0.6 is 0 Å². The van der Waals surface area contributed by atoms with Gasteiger partial charge >= 0.3 is 0 Å². The van der Waals surface area contributed by atoms with Gasteiger partial charge in [0.2, 0.25) is 0 Å². The molecule has 0 heterocycles. The number of nitrogens with two attached hydrogens (primary N) is 1. The van der Waals surface area contributed by atoms with Crippen LogP contribution in [0.15, 0.2) is 54.6 Å². The predicted octanol–water partition coefficient (Wildman–Crippen LogP) is 2.15. The van der Waals surface area contributed by atoms with Gasteiger partial charge in [0.05, 0.1) is 6.61 Å². The molecule has 0 radical (unpaired) electrons. The lowest BCUT2D eigenvalue weighted by Crippen LogP contribution is -2.37. The Morgan fingerprint density at radius 3 is 2.05 bits per heavy atom. The molecule has 22 heavy (non-hydrogen) atoms. The van der Waals surface area contributed by atoms with Gasteiger partial charge in [-0.25, -0.2) is 8.42 Å². The standard InChI is InChI=1S/C17H21NO3S/c1-2-22(20,21)16(12-19)17(18)15-10-8-14(9-11-15)13-6-4-3-5-7-13/h3-11,16-17,19H,2,12,18H2,1H3. The first kappa shape index (κ1) is 16.7. The third-order valence-corrected chi connectivity index (χ3v) is 6.02. The summed E-state index contributed by atoms with van der Waals surface area (Å²) in [6.07, 6.45) is 0. The summed E-state index contributed by atoms with van der Waals surface area (Å²) in [5.74, 6) is -0.0337. The van der Waals surface area contributed by atoms with E-state index >= 15 is 0 Å². The van der Waals surface area contributed by atoms with E-state index in [4.69, 9.17) is 5.73 Å². The van der Waals surface area contributed by atoms with E-state index < -0.39 is 27.7 Å². The van der Waals surface area contributed by atoms with Crippen LogP contribution in [0.2, 0.25) is 0 Å². The molecule has 3 N–H and O–H groups in total. The molecule has 0 saturated heterocycles. The van der Waals surface area contributed by atoms with Crippen LogP contribution in [0.4, 0.5) is 0 Å². The quantitative estimate of drug-likeness (QED) is 0.855. The third-order valence-electron chi connectivity index (χ3n) is 3.85. The minimum Gasteiger partial charge on any atom is -0.395 e. The van der Waals surface area contributed by atoms with Crippen molar-refractivity contribution < 1.29 is 13.5 Å². The molecular weight excluding hydrogens is 298 g/mol. The van der Waals surface area contributed by atoms with E-state index in [-0.39, 0.29) is 5.75 Å². The maximum Gasteiger partial charge on any atom is 0.157 e. The maximum atomic E-state index is 12.0. The first-order valence-electron chi connectivity index (χ1n) is 7.23. The van der Waals surface area contributed by atoms with E-state index in [0.717, 1.165) is 11.1 Å². The van der Waals surface area contributed by atoms with Crippen LogP contribution in [0.3, 0.4) is 0 Å². The van der Waals surface area contributed by atoms with Crippen molar-refractivity contribution >= 4 is 9.84 Å². The summed E-state index contributed by atoms with van der Waals surface area (Å²) in [4.78, 5) is 0. The van der Waals surface area contributed by atoms with Crippen LogP contribution in [0, 0.1) is 0 Å². The molecule has 0 aromatic heterocycles. The number of aliphatic hydroxyl groups excluding tert-OH is 1. The van der Waals surface area contributed by atoms with Crippen molar-refractivity contribution in [2.24, 2.45) is 5.73 Å². The lowest BCUT2D eigenvalue weighted by atomic mass is 10.00. The maximum absolute atomic E-state index is 12.0. The topological polar surface area (TPSA) is 80.4 Å². The molecule has 118 valence electrons. The summed E-state index contributed by atoms with van der Waals surface area (Å²) in [6, 6.07) is 16.6. The van der Waals surface area contributed by atoms with Gasteiger partial charge in [-0.2, -0.15) is 0 Å². The van der Waals surface area contributed by atoms with Crippen molar-refractivity contribution in [3.8, 4) is 11.1 Å². The van der Waals surface area contributed by atoms with Crippen molar-refractivity contribution in [3.63, 3.8) is 0 Å². The van der Waals surface area contributed by atoms with Crippen LogP contribution in [0.1, 0.15) is 18.5 Å². The SMILES string of the molecule is CCS(=O)(=O)C(CO)C(N)c1ccc(-c2ccccc2)cc1. The summed E-state index contributed by atoms with van der Waals surface area (Å²) in [5.41, 5.74) is 8.89. The van der Waals surface area contributed by atoms with E-state index in [0.29, 0.717) is 5.56 Å². The molecule has 0 spiro atoms. The van der Waals surface area contributed by atoms with Crippen LogP contribution in [-0.4, -0.2) is 31.1 Å². The van der Waals surface area contributed by atoms with Gasteiger partial charge in [0, 0.05) is 11.8 Å². The first-order chi connectivity index (χ1) is 10.5. The Morgan fingerprint density at radius 2 is 1.55 bits per heavy atom. The highest BCUT2D eigenvalue weighted by Gasteiger charge is 2.30. The number of hydrogen-bond acceptors (Lipinski definition) is 4. The number of hydrogen-bond donors (Lipinski definition) is 2. The van der Waals surface area contributed by atoms with Crippen LogP contribution in [0.25, 0.3) is 11.1 Å². The van der Waals surface area contributed by atoms with E-state index in [9.17, 15) is 13.5 Å². The van der Waals surface area contributed by atoms with Gasteiger partial charge in [-0.1, -0.05) is 61.5 Å². The van der Waals surface area contributed by atoms with E-state index in [1.807, 2.05) is 54.6 Å². The Labute approximate surface area is 131 Å². The highest BCUT2D eigenvalue weighted by molar-refractivity contribution is 7.92. The van der Waals surface area contributed by atoms with E-state index in [1.165, 1.54) is 0 Å².